The van der Waals surface area contributed by atoms with Crippen molar-refractivity contribution in [2.24, 2.45) is 5.73 Å². The largest absolute Gasteiger partial charge is 0.458 e. The Kier molecular flexibility index (Phi) is 3.06. The van der Waals surface area contributed by atoms with Gasteiger partial charge in [-0.15, -0.1) is 0 Å². The van der Waals surface area contributed by atoms with Crippen LogP contribution in [0.5, 0.6) is 0 Å². The molecule has 1 fully saturated rings. The summed E-state index contributed by atoms with van der Waals surface area (Å²) in [5, 5.41) is 1.60. The summed E-state index contributed by atoms with van der Waals surface area (Å²) in [7, 11) is 0. The molecule has 0 radical (unpaired) electrons. The summed E-state index contributed by atoms with van der Waals surface area (Å²) in [6.07, 6.45) is 2.36. The lowest BCUT2D eigenvalue weighted by Crippen LogP contribution is -2.25. The Morgan fingerprint density at radius 3 is 2.89 bits per heavy atom. The van der Waals surface area contributed by atoms with Crippen LogP contribution >= 0.6 is 11.6 Å². The molecule has 1 aliphatic rings. The molecule has 3 unspecified atom stereocenters. The second-order valence-electron chi connectivity index (χ2n) is 4.90. The molecule has 0 amide bonds. The van der Waals surface area contributed by atoms with E-state index in [-0.39, 0.29) is 18.2 Å². The maximum absolute atomic E-state index is 6.21. The summed E-state index contributed by atoms with van der Waals surface area (Å²) in [6.45, 7) is 2.07. The SMILES string of the molecule is CC1CCC(C(N)c2cc3cccc(Cl)c3o2)O1. The second-order valence-corrected chi connectivity index (χ2v) is 5.30. The van der Waals surface area contributed by atoms with Crippen molar-refractivity contribution < 1.29 is 9.15 Å². The maximum atomic E-state index is 6.21. The molecule has 4 heteroatoms. The van der Waals surface area contributed by atoms with Crippen molar-refractivity contribution in [3.8, 4) is 0 Å². The third kappa shape index (κ3) is 2.03. The van der Waals surface area contributed by atoms with Crippen LogP contribution in [0.2, 0.25) is 5.02 Å². The monoisotopic (exact) mass is 265 g/mol. The van der Waals surface area contributed by atoms with Gasteiger partial charge >= 0.3 is 0 Å². The van der Waals surface area contributed by atoms with Crippen LogP contribution < -0.4 is 5.73 Å². The van der Waals surface area contributed by atoms with Crippen LogP contribution in [-0.2, 0) is 4.74 Å². The standard InChI is InChI=1S/C14H16ClNO2/c1-8-5-6-11(17-8)13(16)12-7-9-3-2-4-10(15)14(9)18-12/h2-4,7-8,11,13H,5-6,16H2,1H3. The van der Waals surface area contributed by atoms with Gasteiger partial charge in [-0.2, -0.15) is 0 Å². The minimum absolute atomic E-state index is 0.0411. The van der Waals surface area contributed by atoms with E-state index in [1.54, 1.807) is 0 Å². The van der Waals surface area contributed by atoms with Gasteiger partial charge < -0.3 is 14.9 Å². The van der Waals surface area contributed by atoms with Gasteiger partial charge in [0.05, 0.1) is 23.3 Å². The number of para-hydroxylation sites is 1. The van der Waals surface area contributed by atoms with E-state index in [1.165, 1.54) is 0 Å². The topological polar surface area (TPSA) is 48.4 Å². The number of nitrogens with two attached hydrogens (primary N) is 1. The third-order valence-corrected chi connectivity index (χ3v) is 3.81. The van der Waals surface area contributed by atoms with Gasteiger partial charge in [0, 0.05) is 5.39 Å². The van der Waals surface area contributed by atoms with E-state index in [2.05, 4.69) is 6.92 Å². The first-order chi connectivity index (χ1) is 8.65. The van der Waals surface area contributed by atoms with E-state index >= 15 is 0 Å². The summed E-state index contributed by atoms with van der Waals surface area (Å²) >= 11 is 6.09. The molecule has 0 saturated carbocycles. The molecule has 0 spiro atoms. The Morgan fingerprint density at radius 2 is 2.22 bits per heavy atom. The molecule has 3 rings (SSSR count). The van der Waals surface area contributed by atoms with Crippen molar-refractivity contribution in [1.29, 1.82) is 0 Å². The molecule has 2 heterocycles. The highest BCUT2D eigenvalue weighted by Gasteiger charge is 2.30. The predicted molar refractivity (Wildman–Crippen MR) is 71.7 cm³/mol. The van der Waals surface area contributed by atoms with Gasteiger partial charge in [-0.25, -0.2) is 0 Å². The lowest BCUT2D eigenvalue weighted by molar-refractivity contribution is 0.0362. The van der Waals surface area contributed by atoms with Crippen LogP contribution in [0, 0.1) is 0 Å². The molecule has 0 bridgehead atoms. The Balaban J connectivity index is 1.92. The first kappa shape index (κ1) is 12.0. The average molecular weight is 266 g/mol. The lowest BCUT2D eigenvalue weighted by atomic mass is 10.1. The summed E-state index contributed by atoms with van der Waals surface area (Å²) in [4.78, 5) is 0. The highest BCUT2D eigenvalue weighted by Crippen LogP contribution is 2.33. The number of fused-ring (bicyclic) bond motifs is 1. The fraction of sp³-hybridized carbons (Fsp3) is 0.429. The minimum Gasteiger partial charge on any atom is -0.458 e. The zero-order chi connectivity index (χ0) is 12.7. The van der Waals surface area contributed by atoms with Gasteiger partial charge in [0.15, 0.2) is 5.58 Å². The summed E-state index contributed by atoms with van der Waals surface area (Å²) < 4.78 is 11.6. The predicted octanol–water partition coefficient (Wildman–Crippen LogP) is 3.65. The summed E-state index contributed by atoms with van der Waals surface area (Å²) in [5.74, 6) is 0.747. The normalized spacial score (nSPS) is 25.7. The molecule has 96 valence electrons. The Bertz CT molecular complexity index is 566. The van der Waals surface area contributed by atoms with E-state index in [4.69, 9.17) is 26.5 Å². The molecule has 2 N–H and O–H groups in total. The number of hydrogen-bond donors (Lipinski definition) is 1. The first-order valence-electron chi connectivity index (χ1n) is 6.24. The lowest BCUT2D eigenvalue weighted by Gasteiger charge is -2.17. The van der Waals surface area contributed by atoms with E-state index in [1.807, 2.05) is 24.3 Å². The smallest absolute Gasteiger partial charge is 0.152 e. The molecule has 1 aromatic heterocycles. The molecule has 3 atom stereocenters. The van der Waals surface area contributed by atoms with E-state index in [0.717, 1.165) is 24.0 Å². The second kappa shape index (κ2) is 4.57. The van der Waals surface area contributed by atoms with Gasteiger partial charge in [-0.3, -0.25) is 0 Å². The molecule has 1 saturated heterocycles. The van der Waals surface area contributed by atoms with Crippen molar-refractivity contribution >= 4 is 22.6 Å². The van der Waals surface area contributed by atoms with Crippen LogP contribution in [-0.4, -0.2) is 12.2 Å². The van der Waals surface area contributed by atoms with Crippen LogP contribution in [0.3, 0.4) is 0 Å². The van der Waals surface area contributed by atoms with Gasteiger partial charge in [0.25, 0.3) is 0 Å². The van der Waals surface area contributed by atoms with Gasteiger partial charge in [0.1, 0.15) is 5.76 Å². The Labute approximate surface area is 111 Å². The molecule has 1 aromatic carbocycles. The van der Waals surface area contributed by atoms with Crippen LogP contribution in [0.25, 0.3) is 11.0 Å². The zero-order valence-corrected chi connectivity index (χ0v) is 11.0. The van der Waals surface area contributed by atoms with Crippen molar-refractivity contribution in [1.82, 2.24) is 0 Å². The van der Waals surface area contributed by atoms with Gasteiger partial charge in [-0.1, -0.05) is 23.7 Å². The fourth-order valence-corrected chi connectivity index (χ4v) is 2.71. The molecular formula is C14H16ClNO2. The van der Waals surface area contributed by atoms with E-state index in [9.17, 15) is 0 Å². The summed E-state index contributed by atoms with van der Waals surface area (Å²) in [6, 6.07) is 7.43. The highest BCUT2D eigenvalue weighted by molar-refractivity contribution is 6.34. The average Bonchev–Trinajstić information content (AvgIpc) is 2.95. The number of benzene rings is 1. The number of ether oxygens (including phenoxy) is 1. The molecular weight excluding hydrogens is 250 g/mol. The van der Waals surface area contributed by atoms with Crippen molar-refractivity contribution in [2.75, 3.05) is 0 Å². The number of rotatable bonds is 2. The van der Waals surface area contributed by atoms with E-state index in [0.29, 0.717) is 10.6 Å². The number of halogens is 1. The third-order valence-electron chi connectivity index (χ3n) is 3.51. The van der Waals surface area contributed by atoms with Crippen LogP contribution in [0.1, 0.15) is 31.6 Å². The Hall–Kier alpha value is -1.03. The molecule has 18 heavy (non-hydrogen) atoms. The van der Waals surface area contributed by atoms with Crippen molar-refractivity contribution in [3.05, 3.63) is 35.0 Å². The fourth-order valence-electron chi connectivity index (χ4n) is 2.49. The minimum atomic E-state index is -0.224. The number of hydrogen-bond acceptors (Lipinski definition) is 3. The van der Waals surface area contributed by atoms with Crippen molar-refractivity contribution in [2.45, 2.75) is 38.0 Å². The molecule has 0 aliphatic carbocycles. The molecule has 2 aromatic rings. The molecule has 3 nitrogen and oxygen atoms in total. The summed E-state index contributed by atoms with van der Waals surface area (Å²) in [5.41, 5.74) is 6.92. The van der Waals surface area contributed by atoms with E-state index < -0.39 is 0 Å². The van der Waals surface area contributed by atoms with Crippen molar-refractivity contribution in [3.63, 3.8) is 0 Å². The van der Waals surface area contributed by atoms with Crippen LogP contribution in [0.15, 0.2) is 28.7 Å². The number of furan rings is 1. The first-order valence-corrected chi connectivity index (χ1v) is 6.62. The zero-order valence-electron chi connectivity index (χ0n) is 10.2. The quantitative estimate of drug-likeness (QED) is 0.902. The Morgan fingerprint density at radius 1 is 1.39 bits per heavy atom. The molecule has 1 aliphatic heterocycles. The highest BCUT2D eigenvalue weighted by atomic mass is 35.5. The van der Waals surface area contributed by atoms with Gasteiger partial charge in [0.2, 0.25) is 0 Å². The van der Waals surface area contributed by atoms with Crippen LogP contribution in [0.4, 0.5) is 0 Å². The van der Waals surface area contributed by atoms with Gasteiger partial charge in [-0.05, 0) is 31.9 Å². The maximum Gasteiger partial charge on any atom is 0.152 e.